The summed E-state index contributed by atoms with van der Waals surface area (Å²) in [6.07, 6.45) is 4.34. The molecule has 0 bridgehead atoms. The number of nitrogens with zero attached hydrogens (tertiary/aromatic N) is 1. The van der Waals surface area contributed by atoms with Crippen molar-refractivity contribution in [2.24, 2.45) is 5.73 Å². The number of rotatable bonds is 4. The summed E-state index contributed by atoms with van der Waals surface area (Å²) >= 11 is 0. The van der Waals surface area contributed by atoms with Crippen LogP contribution in [0.2, 0.25) is 0 Å². The van der Waals surface area contributed by atoms with Crippen LogP contribution in [0.3, 0.4) is 0 Å². The molecule has 0 fully saturated rings. The van der Waals surface area contributed by atoms with E-state index in [0.29, 0.717) is 12.3 Å². The topological polar surface area (TPSA) is 64.1 Å². The molecule has 2 heterocycles. The molecule has 0 saturated carbocycles. The first-order valence-corrected chi connectivity index (χ1v) is 4.68. The highest BCUT2D eigenvalue weighted by Gasteiger charge is 2.02. The lowest BCUT2D eigenvalue weighted by atomic mass is 10.3. The van der Waals surface area contributed by atoms with E-state index in [1.807, 2.05) is 12.1 Å². The summed E-state index contributed by atoms with van der Waals surface area (Å²) in [6, 6.07) is 3.85. The number of nitrogens with one attached hydrogen (secondary N) is 1. The van der Waals surface area contributed by atoms with Gasteiger partial charge in [-0.15, -0.1) is 0 Å². The van der Waals surface area contributed by atoms with E-state index in [2.05, 4.69) is 10.3 Å². The van der Waals surface area contributed by atoms with Gasteiger partial charge in [0, 0.05) is 18.4 Å². The van der Waals surface area contributed by atoms with Gasteiger partial charge in [0.05, 0.1) is 11.6 Å². The first kappa shape index (κ1) is 9.02. The van der Waals surface area contributed by atoms with Gasteiger partial charge in [0.1, 0.15) is 0 Å². The summed E-state index contributed by atoms with van der Waals surface area (Å²) in [4.78, 5) is 4.10. The van der Waals surface area contributed by atoms with Crippen LogP contribution >= 0.6 is 0 Å². The molecule has 74 valence electrons. The Kier molecular flexibility index (Phi) is 2.65. The number of fused-ring (bicyclic) bond motifs is 1. The summed E-state index contributed by atoms with van der Waals surface area (Å²) < 4.78 is 5.19. The first-order chi connectivity index (χ1) is 6.92. The normalized spacial score (nSPS) is 10.6. The Balaban J connectivity index is 2.19. The molecule has 4 heteroatoms. The quantitative estimate of drug-likeness (QED) is 0.720. The molecule has 0 aliphatic carbocycles. The second kappa shape index (κ2) is 4.11. The maximum absolute atomic E-state index is 5.41. The molecule has 2 aromatic rings. The molecule has 4 nitrogen and oxygen atoms in total. The first-order valence-electron chi connectivity index (χ1n) is 4.68. The fourth-order valence-corrected chi connectivity index (χ4v) is 1.35. The SMILES string of the molecule is NCCCNc1ccnc2occc12. The molecule has 0 atom stereocenters. The third-order valence-corrected chi connectivity index (χ3v) is 2.06. The molecule has 3 N–H and O–H groups in total. The average Bonchev–Trinajstić information content (AvgIpc) is 2.67. The monoisotopic (exact) mass is 191 g/mol. The smallest absolute Gasteiger partial charge is 0.227 e. The predicted octanol–water partition coefficient (Wildman–Crippen LogP) is 1.59. The van der Waals surface area contributed by atoms with Crippen LogP contribution in [-0.2, 0) is 0 Å². The number of nitrogens with two attached hydrogens (primary N) is 1. The zero-order chi connectivity index (χ0) is 9.80. The van der Waals surface area contributed by atoms with Crippen LogP contribution in [0, 0.1) is 0 Å². The molecular formula is C10H13N3O. The zero-order valence-electron chi connectivity index (χ0n) is 7.86. The molecule has 0 radical (unpaired) electrons. The highest BCUT2D eigenvalue weighted by molar-refractivity contribution is 5.87. The van der Waals surface area contributed by atoms with Gasteiger partial charge in [-0.3, -0.25) is 0 Å². The predicted molar refractivity (Wildman–Crippen MR) is 56.2 cm³/mol. The third-order valence-electron chi connectivity index (χ3n) is 2.06. The van der Waals surface area contributed by atoms with E-state index in [9.17, 15) is 0 Å². The van der Waals surface area contributed by atoms with Crippen molar-refractivity contribution < 1.29 is 4.42 Å². The van der Waals surface area contributed by atoms with E-state index in [1.54, 1.807) is 12.5 Å². The number of hydrogen-bond donors (Lipinski definition) is 2. The Morgan fingerprint density at radius 2 is 2.36 bits per heavy atom. The zero-order valence-corrected chi connectivity index (χ0v) is 7.86. The van der Waals surface area contributed by atoms with Crippen molar-refractivity contribution in [3.63, 3.8) is 0 Å². The van der Waals surface area contributed by atoms with E-state index in [1.165, 1.54) is 0 Å². The molecule has 0 saturated heterocycles. The number of hydrogen-bond acceptors (Lipinski definition) is 4. The van der Waals surface area contributed by atoms with Gasteiger partial charge in [0.15, 0.2) is 0 Å². The molecule has 14 heavy (non-hydrogen) atoms. The maximum atomic E-state index is 5.41. The number of furan rings is 1. The second-order valence-corrected chi connectivity index (χ2v) is 3.07. The highest BCUT2D eigenvalue weighted by Crippen LogP contribution is 2.21. The number of pyridine rings is 1. The standard InChI is InChI=1S/C10H13N3O/c11-4-1-5-12-9-2-6-13-10-8(9)3-7-14-10/h2-3,6-7H,1,4-5,11H2,(H,12,13). The molecule has 0 aliphatic heterocycles. The van der Waals surface area contributed by atoms with Gasteiger partial charge in [-0.2, -0.15) is 0 Å². The van der Waals surface area contributed by atoms with Crippen LogP contribution in [0.4, 0.5) is 5.69 Å². The minimum Gasteiger partial charge on any atom is -0.446 e. The van der Waals surface area contributed by atoms with E-state index < -0.39 is 0 Å². The average molecular weight is 191 g/mol. The Morgan fingerprint density at radius 1 is 1.43 bits per heavy atom. The Labute approximate surface area is 82.1 Å². The molecule has 0 aromatic carbocycles. The van der Waals surface area contributed by atoms with Crippen molar-refractivity contribution in [3.8, 4) is 0 Å². The van der Waals surface area contributed by atoms with Gasteiger partial charge in [-0.25, -0.2) is 4.98 Å². The number of aromatic nitrogens is 1. The molecule has 0 amide bonds. The summed E-state index contributed by atoms with van der Waals surface area (Å²) in [7, 11) is 0. The Hall–Kier alpha value is -1.55. The van der Waals surface area contributed by atoms with E-state index in [4.69, 9.17) is 10.2 Å². The molecule has 0 unspecified atom stereocenters. The summed E-state index contributed by atoms with van der Waals surface area (Å²) in [5.41, 5.74) is 7.14. The lowest BCUT2D eigenvalue weighted by molar-refractivity contribution is 0.603. The molecular weight excluding hydrogens is 178 g/mol. The van der Waals surface area contributed by atoms with Gasteiger partial charge < -0.3 is 15.5 Å². The fraction of sp³-hybridized carbons (Fsp3) is 0.300. The second-order valence-electron chi connectivity index (χ2n) is 3.07. The molecule has 0 aliphatic rings. The largest absolute Gasteiger partial charge is 0.446 e. The van der Waals surface area contributed by atoms with Gasteiger partial charge in [0.25, 0.3) is 0 Å². The lowest BCUT2D eigenvalue weighted by Gasteiger charge is -2.05. The fourth-order valence-electron chi connectivity index (χ4n) is 1.35. The molecule has 2 rings (SSSR count). The summed E-state index contributed by atoms with van der Waals surface area (Å²) in [5.74, 6) is 0. The van der Waals surface area contributed by atoms with Crippen molar-refractivity contribution in [3.05, 3.63) is 24.6 Å². The van der Waals surface area contributed by atoms with Crippen LogP contribution in [0.25, 0.3) is 11.1 Å². The van der Waals surface area contributed by atoms with Gasteiger partial charge >= 0.3 is 0 Å². The van der Waals surface area contributed by atoms with Crippen molar-refractivity contribution in [2.75, 3.05) is 18.4 Å². The summed E-state index contributed by atoms with van der Waals surface area (Å²) in [6.45, 7) is 1.58. The van der Waals surface area contributed by atoms with Crippen LogP contribution in [0.1, 0.15) is 6.42 Å². The van der Waals surface area contributed by atoms with E-state index in [0.717, 1.165) is 24.0 Å². The minimum atomic E-state index is 0.669. The minimum absolute atomic E-state index is 0.669. The van der Waals surface area contributed by atoms with Crippen LogP contribution in [-0.4, -0.2) is 18.1 Å². The van der Waals surface area contributed by atoms with Crippen LogP contribution < -0.4 is 11.1 Å². The highest BCUT2D eigenvalue weighted by atomic mass is 16.3. The van der Waals surface area contributed by atoms with E-state index in [-0.39, 0.29) is 0 Å². The van der Waals surface area contributed by atoms with Crippen LogP contribution in [0.5, 0.6) is 0 Å². The molecule has 0 spiro atoms. The van der Waals surface area contributed by atoms with Crippen molar-refractivity contribution >= 4 is 16.8 Å². The third kappa shape index (κ3) is 1.70. The van der Waals surface area contributed by atoms with E-state index >= 15 is 0 Å². The number of anilines is 1. The Bertz CT molecular complexity index is 410. The van der Waals surface area contributed by atoms with Crippen molar-refractivity contribution in [1.82, 2.24) is 4.98 Å². The van der Waals surface area contributed by atoms with Gasteiger partial charge in [-0.1, -0.05) is 0 Å². The Morgan fingerprint density at radius 3 is 3.21 bits per heavy atom. The maximum Gasteiger partial charge on any atom is 0.227 e. The van der Waals surface area contributed by atoms with Crippen molar-refractivity contribution in [2.45, 2.75) is 6.42 Å². The van der Waals surface area contributed by atoms with Gasteiger partial charge in [-0.05, 0) is 25.1 Å². The van der Waals surface area contributed by atoms with Crippen molar-refractivity contribution in [1.29, 1.82) is 0 Å². The lowest BCUT2D eigenvalue weighted by Crippen LogP contribution is -2.08. The summed E-state index contributed by atoms with van der Waals surface area (Å²) in [5, 5.41) is 4.31. The molecule has 2 aromatic heterocycles. The van der Waals surface area contributed by atoms with Gasteiger partial charge in [0.2, 0.25) is 5.71 Å². The van der Waals surface area contributed by atoms with Crippen LogP contribution in [0.15, 0.2) is 29.0 Å².